The molecule has 7 rings (SSSR count). The summed E-state index contributed by atoms with van der Waals surface area (Å²) in [5.74, 6) is -0.170. The molecule has 0 saturated carbocycles. The minimum absolute atomic E-state index is 0.0722. The maximum absolute atomic E-state index is 13.1. The number of nitrogens with zero attached hydrogens (tertiary/aromatic N) is 4. The number of alkyl halides is 4. The first-order valence-corrected chi connectivity index (χ1v) is 18.1. The maximum atomic E-state index is 13.1. The van der Waals surface area contributed by atoms with Crippen molar-refractivity contribution in [3.63, 3.8) is 0 Å². The van der Waals surface area contributed by atoms with Crippen LogP contribution in [0.5, 0.6) is 11.5 Å². The first kappa shape index (κ1) is 33.4. The fourth-order valence-electron chi connectivity index (χ4n) is 6.35. The molecule has 1 aliphatic heterocycles. The zero-order valence-corrected chi connectivity index (χ0v) is 32.8. The Bertz CT molecular complexity index is 2750. The van der Waals surface area contributed by atoms with E-state index in [-0.39, 0.29) is 35.4 Å². The summed E-state index contributed by atoms with van der Waals surface area (Å²) in [6.45, 7) is -0.750. The second-order valence-corrected chi connectivity index (χ2v) is 15.3. The van der Waals surface area contributed by atoms with Crippen LogP contribution in [0.2, 0.25) is 0 Å². The molecular weight excluding hydrogens is 799 g/mol. The zero-order chi connectivity index (χ0) is 45.9. The summed E-state index contributed by atoms with van der Waals surface area (Å²) >= 11 is 3.31. The average molecular weight is 848 g/mol. The van der Waals surface area contributed by atoms with Crippen LogP contribution in [0, 0.1) is 13.8 Å². The molecule has 16 heteroatoms. The SMILES string of the molecule is [2H]C([2H])([2H])n1c(=O)c2ccc(B3OC(C)(C)C(C)(C)O3)cc2n1Cc1cc(C)ccc1OC(F)F.[2H]C([2H])([2H])n1c(=O)c2ccc(Br)cc2n1Cc1cc(C)ccc1OC(F)F. The van der Waals surface area contributed by atoms with E-state index in [0.717, 1.165) is 11.1 Å². The van der Waals surface area contributed by atoms with E-state index >= 15 is 0 Å². The largest absolute Gasteiger partial charge is 0.494 e. The second kappa shape index (κ2) is 15.6. The van der Waals surface area contributed by atoms with Crippen LogP contribution in [-0.4, -0.2) is 50.3 Å². The van der Waals surface area contributed by atoms with Crippen LogP contribution in [0.3, 0.4) is 0 Å². The van der Waals surface area contributed by atoms with Gasteiger partial charge in [0.15, 0.2) is 0 Å². The van der Waals surface area contributed by atoms with Gasteiger partial charge in [-0.25, -0.2) is 0 Å². The molecule has 1 fully saturated rings. The van der Waals surface area contributed by atoms with Crippen LogP contribution in [0.15, 0.2) is 86.9 Å². The number of hydrogen-bond acceptors (Lipinski definition) is 6. The number of aryl methyl sites for hydroxylation is 2. The fraction of sp³-hybridized carbons (Fsp3) is 0.350. The van der Waals surface area contributed by atoms with Gasteiger partial charge in [0.1, 0.15) is 11.5 Å². The normalized spacial score (nSPS) is 16.9. The number of rotatable bonds is 9. The standard InChI is InChI=1S/C23H27BF2N2O4.C17H15BrF2N2O2/c1-14-7-10-19(30-21(25)26)15(11-14)13-28-18-12-16(8-9-17(18)20(29)27(28)6)24-31-22(2,3)23(4,5)32-24;1-10-3-6-15(24-17(19)20)11(7-10)9-22-14-8-12(18)4-5-13(14)16(23)21(22)2/h7-12,21H,13H2,1-6H3;3-8,17H,9H2,1-2H3/i6D3;2D3. The molecule has 0 aliphatic carbocycles. The molecule has 10 nitrogen and oxygen atoms in total. The Balaban J connectivity index is 0.000000214. The third-order valence-corrected chi connectivity index (χ3v) is 10.4. The fourth-order valence-corrected chi connectivity index (χ4v) is 6.70. The van der Waals surface area contributed by atoms with E-state index in [4.69, 9.17) is 17.5 Å². The smallest absolute Gasteiger partial charge is 0.434 e. The van der Waals surface area contributed by atoms with Crippen LogP contribution >= 0.6 is 15.9 Å². The molecule has 0 unspecified atom stereocenters. The predicted molar refractivity (Wildman–Crippen MR) is 212 cm³/mol. The van der Waals surface area contributed by atoms with Crippen molar-refractivity contribution in [3.05, 3.63) is 120 Å². The van der Waals surface area contributed by atoms with Crippen molar-refractivity contribution >= 4 is 50.3 Å². The van der Waals surface area contributed by atoms with E-state index in [0.29, 0.717) is 41.5 Å². The quantitative estimate of drug-likeness (QED) is 0.110. The number of fused-ring (bicyclic) bond motifs is 2. The van der Waals surface area contributed by atoms with Crippen molar-refractivity contribution in [2.45, 2.75) is 79.1 Å². The van der Waals surface area contributed by atoms with Crippen LogP contribution in [0.25, 0.3) is 21.8 Å². The highest BCUT2D eigenvalue weighted by Crippen LogP contribution is 2.37. The van der Waals surface area contributed by atoms with Gasteiger partial charge in [0.25, 0.3) is 11.1 Å². The van der Waals surface area contributed by atoms with Gasteiger partial charge in [-0.05, 0) is 89.5 Å². The molecule has 3 heterocycles. The molecule has 6 aromatic rings. The minimum atomic E-state index is -3.06. The number of hydrogen-bond donors (Lipinski definition) is 0. The lowest BCUT2D eigenvalue weighted by molar-refractivity contribution is -0.0511. The average Bonchev–Trinajstić information content (AvgIpc) is 3.67. The van der Waals surface area contributed by atoms with Crippen molar-refractivity contribution < 1.29 is 44.6 Å². The van der Waals surface area contributed by atoms with Gasteiger partial charge < -0.3 is 18.8 Å². The number of aromatic nitrogens is 4. The van der Waals surface area contributed by atoms with E-state index in [1.54, 1.807) is 62.4 Å². The lowest BCUT2D eigenvalue weighted by Crippen LogP contribution is -2.41. The lowest BCUT2D eigenvalue weighted by atomic mass is 9.79. The molecule has 1 aliphatic rings. The Labute approximate surface area is 337 Å². The first-order chi connectivity index (χ1) is 28.7. The maximum Gasteiger partial charge on any atom is 0.494 e. The summed E-state index contributed by atoms with van der Waals surface area (Å²) in [5, 5.41) is 0.392. The monoisotopic (exact) mass is 846 g/mol. The number of ether oxygens (including phenoxy) is 2. The van der Waals surface area contributed by atoms with Gasteiger partial charge in [0, 0.05) is 37.8 Å². The Morgan fingerprint density at radius 3 is 1.59 bits per heavy atom. The van der Waals surface area contributed by atoms with Gasteiger partial charge in [-0.2, -0.15) is 17.6 Å². The molecule has 1 saturated heterocycles. The van der Waals surface area contributed by atoms with Gasteiger partial charge >= 0.3 is 20.3 Å². The topological polar surface area (TPSA) is 90.8 Å². The zero-order valence-electron chi connectivity index (χ0n) is 37.2. The van der Waals surface area contributed by atoms with Crippen molar-refractivity contribution in [2.75, 3.05) is 0 Å². The highest BCUT2D eigenvalue weighted by molar-refractivity contribution is 9.10. The van der Waals surface area contributed by atoms with Gasteiger partial charge in [0.2, 0.25) is 0 Å². The van der Waals surface area contributed by atoms with Gasteiger partial charge in [-0.3, -0.25) is 28.3 Å². The summed E-state index contributed by atoms with van der Waals surface area (Å²) in [7, 11) is -0.735. The van der Waals surface area contributed by atoms with Gasteiger partial charge in [-0.15, -0.1) is 0 Å². The van der Waals surface area contributed by atoms with E-state index in [2.05, 4.69) is 25.4 Å². The molecule has 4 aromatic carbocycles. The highest BCUT2D eigenvalue weighted by atomic mass is 79.9. The van der Waals surface area contributed by atoms with Crippen LogP contribution in [0.1, 0.15) is 58.2 Å². The molecule has 296 valence electrons. The summed E-state index contributed by atoms with van der Waals surface area (Å²) in [5.41, 5.74) is 0.877. The van der Waals surface area contributed by atoms with Crippen LogP contribution in [-0.2, 0) is 36.3 Å². The Kier molecular flexibility index (Phi) is 9.31. The van der Waals surface area contributed by atoms with Crippen molar-refractivity contribution in [1.29, 1.82) is 0 Å². The molecule has 0 radical (unpaired) electrons. The van der Waals surface area contributed by atoms with E-state index in [9.17, 15) is 27.2 Å². The van der Waals surface area contributed by atoms with Crippen molar-refractivity contribution in [2.24, 2.45) is 14.0 Å². The van der Waals surface area contributed by atoms with E-state index in [1.165, 1.54) is 33.6 Å². The minimum Gasteiger partial charge on any atom is -0.434 e. The molecule has 2 aromatic heterocycles. The summed E-state index contributed by atoms with van der Waals surface area (Å²) in [6, 6.07) is 18.9. The Morgan fingerprint density at radius 1 is 0.696 bits per heavy atom. The summed E-state index contributed by atoms with van der Waals surface area (Å²) in [4.78, 5) is 25.8. The van der Waals surface area contributed by atoms with Crippen LogP contribution < -0.4 is 26.1 Å². The summed E-state index contributed by atoms with van der Waals surface area (Å²) < 4.78 is 125. The van der Waals surface area contributed by atoms with Crippen molar-refractivity contribution in [1.82, 2.24) is 18.7 Å². The van der Waals surface area contributed by atoms with Gasteiger partial charge in [-0.1, -0.05) is 57.4 Å². The Morgan fingerprint density at radius 2 is 1.14 bits per heavy atom. The molecule has 0 bridgehead atoms. The second-order valence-electron chi connectivity index (χ2n) is 14.4. The molecule has 0 amide bonds. The number of halogens is 5. The molecular formula is C40H42BBrF4N4O6. The number of benzene rings is 4. The van der Waals surface area contributed by atoms with Gasteiger partial charge in [0.05, 0.1) is 46.1 Å². The molecule has 0 spiro atoms. The lowest BCUT2D eigenvalue weighted by Gasteiger charge is -2.32. The predicted octanol–water partition coefficient (Wildman–Crippen LogP) is 7.66. The van der Waals surface area contributed by atoms with Crippen molar-refractivity contribution in [3.8, 4) is 11.5 Å². The van der Waals surface area contributed by atoms with E-state index in [1.807, 2.05) is 27.7 Å². The third-order valence-electron chi connectivity index (χ3n) is 9.90. The first-order valence-electron chi connectivity index (χ1n) is 20.3. The van der Waals surface area contributed by atoms with Crippen LogP contribution in [0.4, 0.5) is 17.6 Å². The van der Waals surface area contributed by atoms with E-state index < -0.39 is 56.6 Å². The molecule has 0 atom stereocenters. The Hall–Kier alpha value is -4.80. The molecule has 56 heavy (non-hydrogen) atoms. The molecule has 0 N–H and O–H groups in total. The summed E-state index contributed by atoms with van der Waals surface area (Å²) in [6.07, 6.45) is 0. The highest BCUT2D eigenvalue weighted by Gasteiger charge is 2.51. The third kappa shape index (κ3) is 8.18.